The molecular formula is C22H22N2O6. The average molecular weight is 410 g/mol. The number of benzene rings is 2. The van der Waals surface area contributed by atoms with Crippen LogP contribution in [0.25, 0.3) is 0 Å². The van der Waals surface area contributed by atoms with Gasteiger partial charge in [-0.3, -0.25) is 9.59 Å². The van der Waals surface area contributed by atoms with Crippen molar-refractivity contribution < 1.29 is 28.6 Å². The predicted molar refractivity (Wildman–Crippen MR) is 107 cm³/mol. The van der Waals surface area contributed by atoms with E-state index >= 15 is 0 Å². The topological polar surface area (TPSA) is 117 Å². The standard InChI is InChI=1S/C22H22N2O6/c1-11(2)13-8-9-14-17(10-13)29-22(30-20(27)28-4)15-6-5-7-16(23)18(15)19(26)21(14,22)24-12(3)25/h5-11H,23H2,1-4H3,(H,24,25). The lowest BCUT2D eigenvalue weighted by molar-refractivity contribution is -0.187. The van der Waals surface area contributed by atoms with Crippen LogP contribution in [0.15, 0.2) is 36.4 Å². The molecule has 3 N–H and O–H groups in total. The van der Waals surface area contributed by atoms with Crippen molar-refractivity contribution in [3.05, 3.63) is 58.7 Å². The Labute approximate surface area is 173 Å². The third-order valence-electron chi connectivity index (χ3n) is 5.60. The number of hydrogen-bond donors (Lipinski definition) is 2. The summed E-state index contributed by atoms with van der Waals surface area (Å²) in [6.45, 7) is 5.31. The molecule has 8 nitrogen and oxygen atoms in total. The molecule has 1 amide bonds. The maximum Gasteiger partial charge on any atom is 0.511 e. The molecule has 4 rings (SSSR count). The Morgan fingerprint density at radius 3 is 2.53 bits per heavy atom. The molecule has 2 aromatic rings. The molecule has 156 valence electrons. The number of nitrogen functional groups attached to an aromatic ring is 1. The Morgan fingerprint density at radius 2 is 1.90 bits per heavy atom. The van der Waals surface area contributed by atoms with Crippen molar-refractivity contribution in [3.63, 3.8) is 0 Å². The molecule has 0 fully saturated rings. The van der Waals surface area contributed by atoms with E-state index in [0.717, 1.165) is 12.7 Å². The second kappa shape index (κ2) is 6.48. The third kappa shape index (κ3) is 2.36. The van der Waals surface area contributed by atoms with Gasteiger partial charge in [0.2, 0.25) is 17.2 Å². The number of anilines is 1. The van der Waals surface area contributed by atoms with Gasteiger partial charge in [-0.05, 0) is 23.6 Å². The molecule has 30 heavy (non-hydrogen) atoms. The number of ketones is 1. The molecule has 2 atom stereocenters. The second-order valence-corrected chi connectivity index (χ2v) is 7.72. The summed E-state index contributed by atoms with van der Waals surface area (Å²) in [7, 11) is 1.15. The van der Waals surface area contributed by atoms with Crippen molar-refractivity contribution in [3.8, 4) is 5.75 Å². The van der Waals surface area contributed by atoms with Crippen molar-refractivity contribution in [1.82, 2.24) is 5.32 Å². The zero-order valence-corrected chi connectivity index (χ0v) is 17.1. The number of hydrogen-bond acceptors (Lipinski definition) is 7. The minimum absolute atomic E-state index is 0.133. The number of Topliss-reactive ketones (excluding diaryl/α,β-unsaturated/α-hetero) is 1. The summed E-state index contributed by atoms with van der Waals surface area (Å²) in [4.78, 5) is 38.4. The van der Waals surface area contributed by atoms with Crippen LogP contribution in [0.4, 0.5) is 10.5 Å². The van der Waals surface area contributed by atoms with Crippen LogP contribution >= 0.6 is 0 Å². The number of carbonyl (C=O) groups is 3. The fraction of sp³-hybridized carbons (Fsp3) is 0.318. The first kappa shape index (κ1) is 19.8. The number of carbonyl (C=O) groups excluding carboxylic acids is 3. The molecule has 0 bridgehead atoms. The van der Waals surface area contributed by atoms with Crippen molar-refractivity contribution in [2.24, 2.45) is 0 Å². The summed E-state index contributed by atoms with van der Waals surface area (Å²) in [6.07, 6.45) is -1.07. The maximum atomic E-state index is 13.8. The third-order valence-corrected chi connectivity index (χ3v) is 5.60. The van der Waals surface area contributed by atoms with Crippen molar-refractivity contribution in [1.29, 1.82) is 0 Å². The number of nitrogens with two attached hydrogens (primary N) is 1. The van der Waals surface area contributed by atoms with Gasteiger partial charge in [-0.1, -0.05) is 38.1 Å². The molecule has 2 aromatic carbocycles. The first-order chi connectivity index (χ1) is 14.2. The van der Waals surface area contributed by atoms with Gasteiger partial charge in [0.15, 0.2) is 0 Å². The van der Waals surface area contributed by atoms with E-state index in [1.165, 1.54) is 6.92 Å². The number of rotatable bonds is 3. The summed E-state index contributed by atoms with van der Waals surface area (Å²) in [5, 5.41) is 2.71. The Kier molecular flexibility index (Phi) is 4.27. The van der Waals surface area contributed by atoms with Gasteiger partial charge < -0.3 is 25.3 Å². The number of nitrogens with one attached hydrogen (secondary N) is 1. The zero-order chi connectivity index (χ0) is 21.8. The highest BCUT2D eigenvalue weighted by Gasteiger charge is 2.75. The van der Waals surface area contributed by atoms with E-state index in [9.17, 15) is 14.4 Å². The van der Waals surface area contributed by atoms with Crippen LogP contribution in [0.2, 0.25) is 0 Å². The average Bonchev–Trinajstić information content (AvgIpc) is 3.06. The molecule has 0 saturated heterocycles. The summed E-state index contributed by atoms with van der Waals surface area (Å²) < 4.78 is 16.6. The number of fused-ring (bicyclic) bond motifs is 5. The molecular weight excluding hydrogens is 388 g/mol. The van der Waals surface area contributed by atoms with Gasteiger partial charge in [-0.2, -0.15) is 0 Å². The first-order valence-electron chi connectivity index (χ1n) is 9.51. The van der Waals surface area contributed by atoms with Gasteiger partial charge in [-0.25, -0.2) is 4.79 Å². The van der Waals surface area contributed by atoms with Gasteiger partial charge in [-0.15, -0.1) is 0 Å². The van der Waals surface area contributed by atoms with E-state index in [0.29, 0.717) is 11.3 Å². The van der Waals surface area contributed by atoms with Crippen LogP contribution in [0.1, 0.15) is 53.7 Å². The molecule has 0 aromatic heterocycles. The van der Waals surface area contributed by atoms with Crippen LogP contribution < -0.4 is 15.8 Å². The molecule has 1 heterocycles. The van der Waals surface area contributed by atoms with Gasteiger partial charge in [0.05, 0.1) is 18.2 Å². The molecule has 8 heteroatoms. The Balaban J connectivity index is 2.07. The lowest BCUT2D eigenvalue weighted by Crippen LogP contribution is -2.61. The normalized spacial score (nSPS) is 23.3. The fourth-order valence-electron chi connectivity index (χ4n) is 4.30. The van der Waals surface area contributed by atoms with Gasteiger partial charge in [0.25, 0.3) is 0 Å². The van der Waals surface area contributed by atoms with Gasteiger partial charge in [0.1, 0.15) is 5.75 Å². The second-order valence-electron chi connectivity index (χ2n) is 7.72. The minimum Gasteiger partial charge on any atom is -0.445 e. The lowest BCUT2D eigenvalue weighted by atomic mass is 9.82. The highest BCUT2D eigenvalue weighted by Crippen LogP contribution is 2.61. The van der Waals surface area contributed by atoms with E-state index in [2.05, 4.69) is 5.32 Å². The number of amides is 1. The van der Waals surface area contributed by atoms with Crippen molar-refractivity contribution in [2.45, 2.75) is 38.0 Å². The number of ether oxygens (including phenoxy) is 3. The predicted octanol–water partition coefficient (Wildman–Crippen LogP) is 2.95. The Bertz CT molecular complexity index is 1100. The summed E-state index contributed by atoms with van der Waals surface area (Å²) in [5.74, 6) is -2.50. The molecule has 0 saturated carbocycles. The molecule has 2 unspecified atom stereocenters. The van der Waals surface area contributed by atoms with Crippen LogP contribution in [0.3, 0.4) is 0 Å². The highest BCUT2D eigenvalue weighted by atomic mass is 16.8. The molecule has 1 aliphatic carbocycles. The summed E-state index contributed by atoms with van der Waals surface area (Å²) in [6, 6.07) is 10.1. The summed E-state index contributed by atoms with van der Waals surface area (Å²) in [5.41, 5.74) is 6.17. The van der Waals surface area contributed by atoms with E-state index in [1.54, 1.807) is 30.3 Å². The quantitative estimate of drug-likeness (QED) is 0.590. The van der Waals surface area contributed by atoms with Gasteiger partial charge >= 0.3 is 11.9 Å². The smallest absolute Gasteiger partial charge is 0.445 e. The fourth-order valence-corrected chi connectivity index (χ4v) is 4.30. The maximum absolute atomic E-state index is 13.8. The lowest BCUT2D eigenvalue weighted by Gasteiger charge is -2.36. The number of methoxy groups -OCH3 is 1. The SMILES string of the molecule is COC(=O)OC12Oc3cc(C(C)C)ccc3C1(NC(C)=O)C(=O)c1c(N)cccc12. The first-order valence-corrected chi connectivity index (χ1v) is 9.51. The van der Waals surface area contributed by atoms with Crippen LogP contribution in [-0.4, -0.2) is 25.0 Å². The van der Waals surface area contributed by atoms with Crippen LogP contribution in [0.5, 0.6) is 5.75 Å². The van der Waals surface area contributed by atoms with E-state index in [1.807, 2.05) is 19.9 Å². The van der Waals surface area contributed by atoms with E-state index in [4.69, 9.17) is 19.9 Å². The summed E-state index contributed by atoms with van der Waals surface area (Å²) >= 11 is 0. The molecule has 2 aliphatic rings. The highest BCUT2D eigenvalue weighted by molar-refractivity contribution is 6.15. The van der Waals surface area contributed by atoms with Crippen molar-refractivity contribution >= 4 is 23.5 Å². The van der Waals surface area contributed by atoms with Gasteiger partial charge in [0, 0.05) is 18.2 Å². The largest absolute Gasteiger partial charge is 0.511 e. The Hall–Kier alpha value is -3.55. The van der Waals surface area contributed by atoms with Crippen molar-refractivity contribution in [2.75, 3.05) is 12.8 Å². The van der Waals surface area contributed by atoms with Crippen LogP contribution in [-0.2, 0) is 25.6 Å². The van der Waals surface area contributed by atoms with E-state index in [-0.39, 0.29) is 22.7 Å². The monoisotopic (exact) mass is 410 g/mol. The molecule has 0 radical (unpaired) electrons. The zero-order valence-electron chi connectivity index (χ0n) is 17.1. The minimum atomic E-state index is -1.99. The molecule has 0 spiro atoms. The van der Waals surface area contributed by atoms with E-state index < -0.39 is 29.2 Å². The van der Waals surface area contributed by atoms with Crippen LogP contribution in [0, 0.1) is 0 Å². The Morgan fingerprint density at radius 1 is 1.17 bits per heavy atom. The molecule has 1 aliphatic heterocycles.